The van der Waals surface area contributed by atoms with Gasteiger partial charge in [0.2, 0.25) is 0 Å². The first kappa shape index (κ1) is 23.2. The number of carboxylic acids is 1. The van der Waals surface area contributed by atoms with Crippen LogP contribution in [-0.2, 0) is 11.4 Å². The van der Waals surface area contributed by atoms with E-state index in [-0.39, 0.29) is 12.0 Å². The van der Waals surface area contributed by atoms with Gasteiger partial charge >= 0.3 is 5.97 Å². The van der Waals surface area contributed by atoms with E-state index >= 15 is 0 Å². The molecule has 1 N–H and O–H groups in total. The topological polar surface area (TPSA) is 82.8 Å². The summed E-state index contributed by atoms with van der Waals surface area (Å²) in [6.45, 7) is 9.84. The van der Waals surface area contributed by atoms with Crippen LogP contribution in [0.2, 0.25) is 0 Å². The van der Waals surface area contributed by atoms with Crippen molar-refractivity contribution in [1.29, 1.82) is 5.26 Å². The number of rotatable bonds is 6. The molecule has 3 rings (SSSR count). The zero-order valence-corrected chi connectivity index (χ0v) is 18.3. The molecule has 0 radical (unpaired) electrons. The zero-order chi connectivity index (χ0) is 22.3. The highest BCUT2D eigenvalue weighted by Gasteiger charge is 2.29. The molecule has 1 aliphatic rings. The fourth-order valence-corrected chi connectivity index (χ4v) is 3.09. The maximum Gasteiger partial charge on any atom is 0.309 e. The lowest BCUT2D eigenvalue weighted by molar-refractivity contribution is -0.146. The maximum atomic E-state index is 10.1. The first-order chi connectivity index (χ1) is 14.2. The van der Waals surface area contributed by atoms with Gasteiger partial charge in [-0.25, -0.2) is 0 Å². The monoisotopic (exact) mass is 410 g/mol. The molecule has 0 aliphatic carbocycles. The van der Waals surface area contributed by atoms with Gasteiger partial charge in [0.05, 0.1) is 17.6 Å². The summed E-state index contributed by atoms with van der Waals surface area (Å²) >= 11 is 0. The van der Waals surface area contributed by atoms with E-state index in [2.05, 4.69) is 19.1 Å². The number of aryl methyl sites for hydroxylation is 2. The largest absolute Gasteiger partial charge is 0.490 e. The average Bonchev–Trinajstić information content (AvgIpc) is 2.65. The molecule has 1 heterocycles. The molecule has 1 aliphatic heterocycles. The molecule has 160 valence electrons. The Morgan fingerprint density at radius 3 is 2.37 bits per heavy atom. The molecule has 0 bridgehead atoms. The van der Waals surface area contributed by atoms with Gasteiger partial charge in [0, 0.05) is 13.1 Å². The average molecular weight is 411 g/mol. The predicted octanol–water partition coefficient (Wildman–Crippen LogP) is 4.17. The van der Waals surface area contributed by atoms with E-state index in [1.165, 1.54) is 5.56 Å². The van der Waals surface area contributed by atoms with Gasteiger partial charge in [-0.1, -0.05) is 23.8 Å². The zero-order valence-electron chi connectivity index (χ0n) is 18.3. The fraction of sp³-hybridized carbons (Fsp3) is 0.417. The molecule has 0 atom stereocenters. The fourth-order valence-electron chi connectivity index (χ4n) is 3.09. The number of aliphatic carboxylic acids is 1. The smallest absolute Gasteiger partial charge is 0.309 e. The molecular formula is C24H30N2O4. The lowest BCUT2D eigenvalue weighted by Gasteiger charge is -2.32. The molecule has 2 aromatic carbocycles. The van der Waals surface area contributed by atoms with Crippen LogP contribution in [0.15, 0.2) is 36.4 Å². The van der Waals surface area contributed by atoms with Gasteiger partial charge in [-0.15, -0.1) is 0 Å². The number of nitrogens with zero attached hydrogens (tertiary/aromatic N) is 2. The van der Waals surface area contributed by atoms with E-state index in [1.54, 1.807) is 0 Å². The summed E-state index contributed by atoms with van der Waals surface area (Å²) in [5, 5.41) is 17.6. The highest BCUT2D eigenvalue weighted by Crippen LogP contribution is 2.23. The second-order valence-electron chi connectivity index (χ2n) is 7.92. The number of ether oxygens (including phenoxy) is 2. The Balaban J connectivity index is 0.000000335. The Morgan fingerprint density at radius 2 is 1.87 bits per heavy atom. The van der Waals surface area contributed by atoms with E-state index in [0.29, 0.717) is 17.9 Å². The number of hydrogen-bond donors (Lipinski definition) is 1. The van der Waals surface area contributed by atoms with Gasteiger partial charge in [-0.05, 0) is 64.1 Å². The lowest BCUT2D eigenvalue weighted by Crippen LogP contribution is -2.47. The maximum absolute atomic E-state index is 10.1. The van der Waals surface area contributed by atoms with Crippen LogP contribution in [0.1, 0.15) is 36.1 Å². The summed E-state index contributed by atoms with van der Waals surface area (Å²) in [5.41, 5.74) is 3.81. The summed E-state index contributed by atoms with van der Waals surface area (Å²) in [7, 11) is 1.92. The molecule has 0 aromatic heterocycles. The van der Waals surface area contributed by atoms with Crippen LogP contribution < -0.4 is 9.47 Å². The number of nitriles is 1. The molecule has 0 spiro atoms. The number of benzene rings is 2. The molecule has 30 heavy (non-hydrogen) atoms. The van der Waals surface area contributed by atoms with Crippen molar-refractivity contribution in [2.75, 3.05) is 20.1 Å². The van der Waals surface area contributed by atoms with Crippen molar-refractivity contribution < 1.29 is 19.4 Å². The summed E-state index contributed by atoms with van der Waals surface area (Å²) < 4.78 is 11.5. The van der Waals surface area contributed by atoms with Gasteiger partial charge in [0.25, 0.3) is 0 Å². The van der Waals surface area contributed by atoms with Crippen LogP contribution in [0.5, 0.6) is 11.5 Å². The molecule has 6 nitrogen and oxygen atoms in total. The van der Waals surface area contributed by atoms with E-state index in [9.17, 15) is 10.1 Å². The minimum Gasteiger partial charge on any atom is -0.490 e. The van der Waals surface area contributed by atoms with Crippen molar-refractivity contribution in [3.8, 4) is 17.6 Å². The van der Waals surface area contributed by atoms with Gasteiger partial charge in [0.15, 0.2) is 0 Å². The Hall–Kier alpha value is -3.04. The van der Waals surface area contributed by atoms with Crippen molar-refractivity contribution >= 4 is 5.97 Å². The van der Waals surface area contributed by atoms with Gasteiger partial charge in [0.1, 0.15) is 24.2 Å². The minimum absolute atomic E-state index is 0.0457. The van der Waals surface area contributed by atoms with Crippen molar-refractivity contribution in [2.45, 2.75) is 40.4 Å². The Morgan fingerprint density at radius 1 is 1.20 bits per heavy atom. The summed E-state index contributed by atoms with van der Waals surface area (Å²) in [6, 6.07) is 13.9. The third-order valence-electron chi connectivity index (χ3n) is 4.67. The van der Waals surface area contributed by atoms with Crippen molar-refractivity contribution in [2.24, 2.45) is 5.92 Å². The molecule has 1 saturated heterocycles. The molecule has 6 heteroatoms. The van der Waals surface area contributed by atoms with Gasteiger partial charge < -0.3 is 19.5 Å². The second kappa shape index (κ2) is 10.7. The highest BCUT2D eigenvalue weighted by molar-refractivity contribution is 5.71. The third-order valence-corrected chi connectivity index (χ3v) is 4.67. The van der Waals surface area contributed by atoms with E-state index in [4.69, 9.17) is 14.6 Å². The molecule has 0 saturated carbocycles. The Kier molecular flexibility index (Phi) is 8.25. The van der Waals surface area contributed by atoms with Gasteiger partial charge in [-0.3, -0.25) is 4.79 Å². The first-order valence-corrected chi connectivity index (χ1v) is 10.0. The summed E-state index contributed by atoms with van der Waals surface area (Å²) in [5.74, 6) is 0.725. The number of carbonyl (C=O) groups is 1. The summed E-state index contributed by atoms with van der Waals surface area (Å²) in [6.07, 6.45) is 0.0457. The molecule has 2 aromatic rings. The number of likely N-dealkylation sites (tertiary alicyclic amines) is 1. The lowest BCUT2D eigenvalue weighted by atomic mass is 10.0. The second-order valence-corrected chi connectivity index (χ2v) is 7.92. The van der Waals surface area contributed by atoms with Gasteiger partial charge in [-0.2, -0.15) is 5.26 Å². The Bertz CT molecular complexity index is 912. The minimum atomic E-state index is -0.664. The van der Waals surface area contributed by atoms with Crippen molar-refractivity contribution in [3.05, 3.63) is 58.7 Å². The van der Waals surface area contributed by atoms with Crippen LogP contribution in [-0.4, -0.2) is 42.2 Å². The highest BCUT2D eigenvalue weighted by atomic mass is 16.5. The van der Waals surface area contributed by atoms with Crippen LogP contribution in [0.25, 0.3) is 0 Å². The van der Waals surface area contributed by atoms with Crippen LogP contribution in [0.3, 0.4) is 0 Å². The van der Waals surface area contributed by atoms with Crippen molar-refractivity contribution in [1.82, 2.24) is 4.90 Å². The normalized spacial score (nSPS) is 13.6. The predicted molar refractivity (Wildman–Crippen MR) is 116 cm³/mol. The molecule has 1 fully saturated rings. The van der Waals surface area contributed by atoms with Crippen molar-refractivity contribution in [3.63, 3.8) is 0 Å². The van der Waals surface area contributed by atoms with Crippen LogP contribution in [0.4, 0.5) is 0 Å². The quantitative estimate of drug-likeness (QED) is 0.769. The Labute approximate surface area is 178 Å². The SMILES string of the molecule is CN1CC(C(=O)O)C1.Cc1ccc(OCc2ccc(OC(C)C)c(C#N)c2)c(C)c1. The molecule has 0 amide bonds. The third kappa shape index (κ3) is 6.78. The van der Waals surface area contributed by atoms with E-state index in [0.717, 1.165) is 30.0 Å². The standard InChI is InChI=1S/C19H21NO2.C5H9NO2/c1-13(2)22-19-8-6-16(10-17(19)11-20)12-21-18-7-5-14(3)9-15(18)4;1-6-2-4(3-6)5(7)8/h5-10,13H,12H2,1-4H3;4H,2-3H2,1H3,(H,7,8). The van der Waals surface area contributed by atoms with E-state index < -0.39 is 5.97 Å². The number of hydrogen-bond acceptors (Lipinski definition) is 5. The molecular weight excluding hydrogens is 380 g/mol. The van der Waals surface area contributed by atoms with Crippen LogP contribution >= 0.6 is 0 Å². The summed E-state index contributed by atoms with van der Waals surface area (Å²) in [4.78, 5) is 12.1. The number of carboxylic acid groups (broad SMARTS) is 1. The molecule has 0 unspecified atom stereocenters. The first-order valence-electron chi connectivity index (χ1n) is 10.0. The van der Waals surface area contributed by atoms with E-state index in [1.807, 2.05) is 63.1 Å². The van der Waals surface area contributed by atoms with Crippen LogP contribution in [0, 0.1) is 31.1 Å².